The number of rotatable bonds is 7. The Morgan fingerprint density at radius 3 is 2.31 bits per heavy atom. The first-order chi connectivity index (χ1) is 6.04. The number of hydrogen-bond acceptors (Lipinski definition) is 3. The van der Waals surface area contributed by atoms with Crippen molar-refractivity contribution in [2.24, 2.45) is 0 Å². The molecule has 0 spiro atoms. The normalized spacial score (nSPS) is 14.1. The molecular formula is C10H24N2O. The average molecular weight is 188 g/mol. The first-order valence-corrected chi connectivity index (χ1v) is 5.13. The number of nitrogens with zero attached hydrogens (tertiary/aromatic N) is 1. The molecule has 0 heterocycles. The van der Waals surface area contributed by atoms with Gasteiger partial charge in [-0.25, -0.2) is 0 Å². The molecule has 0 radical (unpaired) electrons. The molecule has 3 heteroatoms. The molecule has 0 saturated heterocycles. The van der Waals surface area contributed by atoms with Gasteiger partial charge in [-0.1, -0.05) is 0 Å². The van der Waals surface area contributed by atoms with Crippen LogP contribution in [-0.2, 0) is 0 Å². The molecule has 0 bridgehead atoms. The summed E-state index contributed by atoms with van der Waals surface area (Å²) in [5, 5.41) is 12.3. The molecule has 13 heavy (non-hydrogen) atoms. The summed E-state index contributed by atoms with van der Waals surface area (Å²) < 4.78 is 0. The van der Waals surface area contributed by atoms with Gasteiger partial charge in [0.2, 0.25) is 0 Å². The van der Waals surface area contributed by atoms with Gasteiger partial charge in [0.05, 0.1) is 6.10 Å². The molecular weight excluding hydrogens is 164 g/mol. The number of likely N-dealkylation sites (N-methyl/N-ethyl adjacent to an activating group) is 1. The van der Waals surface area contributed by atoms with E-state index in [4.69, 9.17) is 5.11 Å². The number of aliphatic hydroxyl groups excluding tert-OH is 1. The van der Waals surface area contributed by atoms with Crippen LogP contribution in [0.2, 0.25) is 0 Å². The van der Waals surface area contributed by atoms with Crippen molar-refractivity contribution in [3.8, 4) is 0 Å². The molecule has 0 aliphatic carbocycles. The molecule has 0 rings (SSSR count). The second kappa shape index (κ2) is 7.30. The number of nitrogens with one attached hydrogen (secondary N) is 1. The highest BCUT2D eigenvalue weighted by atomic mass is 16.3. The summed E-state index contributed by atoms with van der Waals surface area (Å²) in [6.45, 7) is 9.18. The van der Waals surface area contributed by atoms with Crippen LogP contribution in [0.1, 0.15) is 27.2 Å². The first-order valence-electron chi connectivity index (χ1n) is 5.13. The van der Waals surface area contributed by atoms with Crippen molar-refractivity contribution in [2.45, 2.75) is 39.3 Å². The number of aliphatic hydroxyl groups is 1. The maximum atomic E-state index is 9.00. The highest BCUT2D eigenvalue weighted by molar-refractivity contribution is 4.59. The van der Waals surface area contributed by atoms with E-state index < -0.39 is 0 Å². The lowest BCUT2D eigenvalue weighted by atomic mass is 10.3. The van der Waals surface area contributed by atoms with Crippen LogP contribution in [0.3, 0.4) is 0 Å². The third-order valence-electron chi connectivity index (χ3n) is 2.26. The summed E-state index contributed by atoms with van der Waals surface area (Å²) in [7, 11) is 2.13. The van der Waals surface area contributed by atoms with Crippen LogP contribution in [0.4, 0.5) is 0 Å². The third kappa shape index (κ3) is 8.22. The zero-order valence-electron chi connectivity index (χ0n) is 9.38. The van der Waals surface area contributed by atoms with Gasteiger partial charge in [0.1, 0.15) is 0 Å². The Morgan fingerprint density at radius 2 is 1.85 bits per heavy atom. The third-order valence-corrected chi connectivity index (χ3v) is 2.26. The van der Waals surface area contributed by atoms with Crippen LogP contribution >= 0.6 is 0 Å². The summed E-state index contributed by atoms with van der Waals surface area (Å²) in [6, 6.07) is 0.610. The van der Waals surface area contributed by atoms with Gasteiger partial charge in [-0.2, -0.15) is 0 Å². The van der Waals surface area contributed by atoms with Crippen molar-refractivity contribution in [1.82, 2.24) is 10.2 Å². The molecule has 0 aliphatic heterocycles. The van der Waals surface area contributed by atoms with Gasteiger partial charge in [0.25, 0.3) is 0 Å². The molecule has 80 valence electrons. The van der Waals surface area contributed by atoms with Crippen molar-refractivity contribution in [2.75, 3.05) is 26.7 Å². The van der Waals surface area contributed by atoms with Gasteiger partial charge >= 0.3 is 0 Å². The van der Waals surface area contributed by atoms with E-state index in [1.807, 2.05) is 6.92 Å². The molecule has 0 fully saturated rings. The summed E-state index contributed by atoms with van der Waals surface area (Å²) >= 11 is 0. The predicted octanol–water partition coefficient (Wildman–Crippen LogP) is 0.687. The largest absolute Gasteiger partial charge is 0.393 e. The van der Waals surface area contributed by atoms with Crippen molar-refractivity contribution >= 4 is 0 Å². The molecule has 0 aromatic heterocycles. The lowest BCUT2D eigenvalue weighted by Gasteiger charge is -2.20. The summed E-state index contributed by atoms with van der Waals surface area (Å²) in [5.74, 6) is 0. The smallest absolute Gasteiger partial charge is 0.0524 e. The van der Waals surface area contributed by atoms with E-state index >= 15 is 0 Å². The molecule has 0 saturated carbocycles. The zero-order valence-corrected chi connectivity index (χ0v) is 9.38. The predicted molar refractivity (Wildman–Crippen MR) is 56.9 cm³/mol. The van der Waals surface area contributed by atoms with Crippen LogP contribution in [0.5, 0.6) is 0 Å². The summed E-state index contributed by atoms with van der Waals surface area (Å²) in [5.41, 5.74) is 0. The molecule has 0 aromatic carbocycles. The lowest BCUT2D eigenvalue weighted by molar-refractivity contribution is 0.182. The van der Waals surface area contributed by atoms with Crippen molar-refractivity contribution in [1.29, 1.82) is 0 Å². The minimum atomic E-state index is -0.185. The molecule has 3 nitrogen and oxygen atoms in total. The van der Waals surface area contributed by atoms with Gasteiger partial charge in [-0.05, 0) is 40.8 Å². The van der Waals surface area contributed by atoms with Gasteiger partial charge < -0.3 is 15.3 Å². The fourth-order valence-corrected chi connectivity index (χ4v) is 0.950. The maximum absolute atomic E-state index is 9.00. The second-order valence-electron chi connectivity index (χ2n) is 3.96. The van der Waals surface area contributed by atoms with Crippen LogP contribution in [-0.4, -0.2) is 48.8 Å². The minimum Gasteiger partial charge on any atom is -0.393 e. The number of hydrogen-bond donors (Lipinski definition) is 2. The van der Waals surface area contributed by atoms with Crippen LogP contribution < -0.4 is 5.32 Å². The Balaban J connectivity index is 3.16. The fraction of sp³-hybridized carbons (Fsp3) is 1.00. The monoisotopic (exact) mass is 188 g/mol. The van der Waals surface area contributed by atoms with Gasteiger partial charge in [-0.3, -0.25) is 0 Å². The van der Waals surface area contributed by atoms with Crippen LogP contribution in [0.25, 0.3) is 0 Å². The van der Waals surface area contributed by atoms with Crippen molar-refractivity contribution < 1.29 is 5.11 Å². The Kier molecular flexibility index (Phi) is 7.23. The molecule has 0 aliphatic rings. The second-order valence-corrected chi connectivity index (χ2v) is 3.96. The standard InChI is InChI=1S/C10H24N2O/c1-9(2)12(4)8-7-11-6-5-10(3)13/h9-11,13H,5-8H2,1-4H3. The molecule has 0 amide bonds. The fourth-order valence-electron chi connectivity index (χ4n) is 0.950. The molecule has 1 unspecified atom stereocenters. The maximum Gasteiger partial charge on any atom is 0.0524 e. The van der Waals surface area contributed by atoms with Crippen molar-refractivity contribution in [3.63, 3.8) is 0 Å². The Labute approximate surface area is 82.1 Å². The molecule has 0 aromatic rings. The van der Waals surface area contributed by atoms with E-state index in [1.54, 1.807) is 0 Å². The lowest BCUT2D eigenvalue weighted by Crippen LogP contribution is -2.34. The van der Waals surface area contributed by atoms with Gasteiger partial charge in [-0.15, -0.1) is 0 Å². The quantitative estimate of drug-likeness (QED) is 0.577. The minimum absolute atomic E-state index is 0.185. The Bertz CT molecular complexity index is 115. The zero-order chi connectivity index (χ0) is 10.3. The molecule has 1 atom stereocenters. The molecule has 2 N–H and O–H groups in total. The Hall–Kier alpha value is -0.120. The van der Waals surface area contributed by atoms with Crippen LogP contribution in [0.15, 0.2) is 0 Å². The highest BCUT2D eigenvalue weighted by Gasteiger charge is 2.01. The van der Waals surface area contributed by atoms with E-state index in [9.17, 15) is 0 Å². The van der Waals surface area contributed by atoms with Gasteiger partial charge in [0.15, 0.2) is 0 Å². The van der Waals surface area contributed by atoms with E-state index in [1.165, 1.54) is 0 Å². The average Bonchev–Trinajstić information content (AvgIpc) is 2.02. The van der Waals surface area contributed by atoms with Crippen LogP contribution in [0, 0.1) is 0 Å². The summed E-state index contributed by atoms with van der Waals surface area (Å²) in [6.07, 6.45) is 0.654. The van der Waals surface area contributed by atoms with E-state index in [2.05, 4.69) is 31.1 Å². The van der Waals surface area contributed by atoms with E-state index in [0.29, 0.717) is 6.04 Å². The van der Waals surface area contributed by atoms with Gasteiger partial charge in [0, 0.05) is 19.1 Å². The van der Waals surface area contributed by atoms with Crippen molar-refractivity contribution in [3.05, 3.63) is 0 Å². The Morgan fingerprint density at radius 1 is 1.23 bits per heavy atom. The SMILES string of the molecule is CC(O)CCNCCN(C)C(C)C. The first kappa shape index (κ1) is 12.9. The topological polar surface area (TPSA) is 35.5 Å². The van der Waals surface area contributed by atoms with E-state index in [0.717, 1.165) is 26.1 Å². The highest BCUT2D eigenvalue weighted by Crippen LogP contribution is 1.91. The summed E-state index contributed by atoms with van der Waals surface area (Å²) in [4.78, 5) is 2.30. The van der Waals surface area contributed by atoms with E-state index in [-0.39, 0.29) is 6.10 Å².